The maximum atomic E-state index is 13.8. The molecule has 0 spiro atoms. The molecular weight excluding hydrogens is 445 g/mol. The van der Waals surface area contributed by atoms with E-state index in [-0.39, 0.29) is 24.2 Å². The van der Waals surface area contributed by atoms with Gasteiger partial charge in [-0.05, 0) is 36.2 Å². The smallest absolute Gasteiger partial charge is 0.259 e. The van der Waals surface area contributed by atoms with Crippen LogP contribution in [0.25, 0.3) is 11.5 Å². The zero-order chi connectivity index (χ0) is 24.5. The van der Waals surface area contributed by atoms with Crippen LogP contribution in [0.2, 0.25) is 0 Å². The van der Waals surface area contributed by atoms with Crippen LogP contribution < -0.4 is 5.32 Å². The number of carbonyl (C=O) groups is 2. The standard InChI is InChI=1S/C27H24FN5O2/c1-18-23-8-3-4-9-24(23)27(35)33(18)17-22(15-19-6-5-7-21(28)14-19)30-26(34)20-11-13-32(16-20)25-10-12-29-31(25)2/h3-14,16,22H,1,15,17H2,2H3,(H,30,34)/t22-/m0/s1. The number of rotatable bonds is 7. The molecule has 1 atom stereocenters. The quantitative estimate of drug-likeness (QED) is 0.447. The van der Waals surface area contributed by atoms with E-state index in [0.717, 1.165) is 16.9 Å². The van der Waals surface area contributed by atoms with E-state index in [0.29, 0.717) is 23.2 Å². The lowest BCUT2D eigenvalue weighted by Gasteiger charge is -2.26. The molecule has 2 aromatic heterocycles. The first-order chi connectivity index (χ1) is 16.9. The molecule has 8 heteroatoms. The zero-order valence-electron chi connectivity index (χ0n) is 19.2. The molecule has 4 aromatic rings. The van der Waals surface area contributed by atoms with E-state index in [1.165, 1.54) is 12.1 Å². The Morgan fingerprint density at radius 2 is 1.91 bits per heavy atom. The van der Waals surface area contributed by atoms with Crippen LogP contribution in [0.3, 0.4) is 0 Å². The Bertz CT molecular complexity index is 1400. The largest absolute Gasteiger partial charge is 0.347 e. The summed E-state index contributed by atoms with van der Waals surface area (Å²) in [5.74, 6) is 0.0144. The monoisotopic (exact) mass is 469 g/mol. The molecule has 0 bridgehead atoms. The molecule has 1 aliphatic heterocycles. The van der Waals surface area contributed by atoms with Gasteiger partial charge in [-0.15, -0.1) is 0 Å². The van der Waals surface area contributed by atoms with E-state index in [1.54, 1.807) is 52.4 Å². The highest BCUT2D eigenvalue weighted by molar-refractivity contribution is 6.08. The molecular formula is C27H24FN5O2. The fourth-order valence-electron chi connectivity index (χ4n) is 4.42. The van der Waals surface area contributed by atoms with Gasteiger partial charge in [-0.3, -0.25) is 14.3 Å². The SMILES string of the molecule is C=C1c2ccccc2C(=O)N1C[C@H](Cc1cccc(F)c1)NC(=O)c1ccn(-c2ccnn2C)c1. The van der Waals surface area contributed by atoms with Gasteiger partial charge in [-0.2, -0.15) is 5.10 Å². The fraction of sp³-hybridized carbons (Fsp3) is 0.148. The number of hydrogen-bond donors (Lipinski definition) is 1. The summed E-state index contributed by atoms with van der Waals surface area (Å²) in [6.07, 6.45) is 5.54. The van der Waals surface area contributed by atoms with Gasteiger partial charge in [0.2, 0.25) is 0 Å². The molecule has 7 nitrogen and oxygen atoms in total. The summed E-state index contributed by atoms with van der Waals surface area (Å²) in [6, 6.07) is 16.6. The summed E-state index contributed by atoms with van der Waals surface area (Å²) in [6.45, 7) is 4.31. The summed E-state index contributed by atoms with van der Waals surface area (Å²) >= 11 is 0. The van der Waals surface area contributed by atoms with E-state index in [4.69, 9.17) is 0 Å². The first-order valence-electron chi connectivity index (χ1n) is 11.2. The van der Waals surface area contributed by atoms with E-state index in [1.807, 2.05) is 35.9 Å². The molecule has 1 N–H and O–H groups in total. The van der Waals surface area contributed by atoms with Crippen LogP contribution >= 0.6 is 0 Å². The summed E-state index contributed by atoms with van der Waals surface area (Å²) in [4.78, 5) is 27.8. The van der Waals surface area contributed by atoms with Crippen molar-refractivity contribution in [1.29, 1.82) is 0 Å². The second-order valence-corrected chi connectivity index (χ2v) is 8.53. The van der Waals surface area contributed by atoms with Crippen LogP contribution in [-0.4, -0.2) is 43.6 Å². The lowest BCUT2D eigenvalue weighted by atomic mass is 10.0. The van der Waals surface area contributed by atoms with Gasteiger partial charge in [-0.1, -0.05) is 36.9 Å². The minimum absolute atomic E-state index is 0.161. The molecule has 176 valence electrons. The lowest BCUT2D eigenvalue weighted by molar-refractivity contribution is 0.0819. The number of aromatic nitrogens is 3. The second-order valence-electron chi connectivity index (χ2n) is 8.53. The molecule has 2 aromatic carbocycles. The topological polar surface area (TPSA) is 72.2 Å². The molecule has 3 heterocycles. The summed E-state index contributed by atoms with van der Waals surface area (Å²) in [5, 5.41) is 7.19. The minimum atomic E-state index is -0.473. The Labute approximate surface area is 202 Å². The number of carbonyl (C=O) groups excluding carboxylic acids is 2. The Morgan fingerprint density at radius 3 is 2.63 bits per heavy atom. The highest BCUT2D eigenvalue weighted by Crippen LogP contribution is 2.31. The van der Waals surface area contributed by atoms with Crippen molar-refractivity contribution in [3.63, 3.8) is 0 Å². The summed E-state index contributed by atoms with van der Waals surface area (Å²) < 4.78 is 17.4. The van der Waals surface area contributed by atoms with Crippen LogP contribution in [-0.2, 0) is 13.5 Å². The maximum absolute atomic E-state index is 13.8. The van der Waals surface area contributed by atoms with Crippen molar-refractivity contribution in [1.82, 2.24) is 24.6 Å². The lowest BCUT2D eigenvalue weighted by Crippen LogP contribution is -2.44. The number of halogens is 1. The third kappa shape index (κ3) is 4.38. The van der Waals surface area contributed by atoms with E-state index in [2.05, 4.69) is 17.0 Å². The molecule has 0 aliphatic carbocycles. The van der Waals surface area contributed by atoms with Crippen molar-refractivity contribution >= 4 is 17.5 Å². The van der Waals surface area contributed by atoms with Gasteiger partial charge in [0.25, 0.3) is 11.8 Å². The molecule has 0 saturated carbocycles. The van der Waals surface area contributed by atoms with Crippen molar-refractivity contribution in [3.8, 4) is 5.82 Å². The highest BCUT2D eigenvalue weighted by Gasteiger charge is 2.32. The normalized spacial score (nSPS) is 13.7. The number of hydrogen-bond acceptors (Lipinski definition) is 3. The number of benzene rings is 2. The van der Waals surface area contributed by atoms with E-state index in [9.17, 15) is 14.0 Å². The van der Waals surface area contributed by atoms with Crippen LogP contribution in [0.1, 0.15) is 31.8 Å². The third-order valence-electron chi connectivity index (χ3n) is 6.16. The Hall–Kier alpha value is -4.46. The summed E-state index contributed by atoms with van der Waals surface area (Å²) in [7, 11) is 1.82. The van der Waals surface area contributed by atoms with Crippen LogP contribution in [0.5, 0.6) is 0 Å². The minimum Gasteiger partial charge on any atom is -0.347 e. The van der Waals surface area contributed by atoms with Crippen molar-refractivity contribution in [3.05, 3.63) is 114 Å². The Kier molecular flexibility index (Phi) is 5.78. The van der Waals surface area contributed by atoms with Crippen LogP contribution in [0.15, 0.2) is 85.8 Å². The van der Waals surface area contributed by atoms with Crippen LogP contribution in [0.4, 0.5) is 4.39 Å². The molecule has 1 aliphatic rings. The molecule has 0 saturated heterocycles. The molecule has 0 unspecified atom stereocenters. The van der Waals surface area contributed by atoms with E-state index < -0.39 is 6.04 Å². The molecule has 0 fully saturated rings. The number of nitrogens with zero attached hydrogens (tertiary/aromatic N) is 4. The van der Waals surface area contributed by atoms with Gasteiger partial charge in [0.1, 0.15) is 11.6 Å². The van der Waals surface area contributed by atoms with Gasteiger partial charge in [0, 0.05) is 48.9 Å². The third-order valence-corrected chi connectivity index (χ3v) is 6.16. The van der Waals surface area contributed by atoms with Gasteiger partial charge in [0.15, 0.2) is 0 Å². The Balaban J connectivity index is 1.38. The number of nitrogens with one attached hydrogen (secondary N) is 1. The van der Waals surface area contributed by atoms with Gasteiger partial charge in [0.05, 0.1) is 17.8 Å². The van der Waals surface area contributed by atoms with Crippen molar-refractivity contribution in [2.45, 2.75) is 12.5 Å². The number of aryl methyl sites for hydroxylation is 1. The van der Waals surface area contributed by atoms with Crippen molar-refractivity contribution in [2.24, 2.45) is 7.05 Å². The predicted octanol–water partition coefficient (Wildman–Crippen LogP) is 3.82. The first kappa shape index (κ1) is 22.3. The number of fused-ring (bicyclic) bond motifs is 1. The predicted molar refractivity (Wildman–Crippen MR) is 130 cm³/mol. The number of amides is 2. The molecule has 5 rings (SSSR count). The van der Waals surface area contributed by atoms with E-state index >= 15 is 0 Å². The zero-order valence-corrected chi connectivity index (χ0v) is 19.2. The fourth-order valence-corrected chi connectivity index (χ4v) is 4.42. The van der Waals surface area contributed by atoms with Gasteiger partial charge < -0.3 is 14.8 Å². The van der Waals surface area contributed by atoms with Crippen molar-refractivity contribution in [2.75, 3.05) is 6.54 Å². The maximum Gasteiger partial charge on any atom is 0.259 e. The van der Waals surface area contributed by atoms with Gasteiger partial charge >= 0.3 is 0 Å². The average molecular weight is 470 g/mol. The molecule has 2 amide bonds. The van der Waals surface area contributed by atoms with Gasteiger partial charge in [-0.25, -0.2) is 4.39 Å². The van der Waals surface area contributed by atoms with Crippen molar-refractivity contribution < 1.29 is 14.0 Å². The first-order valence-corrected chi connectivity index (χ1v) is 11.2. The average Bonchev–Trinajstić information content (AvgIpc) is 3.55. The molecule has 35 heavy (non-hydrogen) atoms. The Morgan fingerprint density at radius 1 is 1.11 bits per heavy atom. The van der Waals surface area contributed by atoms with Crippen LogP contribution in [0, 0.1) is 5.82 Å². The highest BCUT2D eigenvalue weighted by atomic mass is 19.1. The second kappa shape index (κ2) is 9.06. The summed E-state index contributed by atoms with van der Waals surface area (Å²) in [5.41, 5.74) is 3.14. The molecule has 0 radical (unpaired) electrons.